The molecule has 3 N–H and O–H groups in total. The minimum absolute atomic E-state index is 0.341. The summed E-state index contributed by atoms with van der Waals surface area (Å²) in [5.41, 5.74) is 3.88. The average molecular weight is 457 g/mol. The number of fused-ring (bicyclic) bond motifs is 2. The van der Waals surface area contributed by atoms with E-state index in [2.05, 4.69) is 15.6 Å². The van der Waals surface area contributed by atoms with Crippen LogP contribution in [0, 0.1) is 0 Å². The minimum atomic E-state index is -1.15. The van der Waals surface area contributed by atoms with E-state index in [4.69, 9.17) is 18.7 Å². The van der Waals surface area contributed by atoms with Gasteiger partial charge in [-0.05, 0) is 48.5 Å². The van der Waals surface area contributed by atoms with Crippen LogP contribution in [0.1, 0.15) is 0 Å². The summed E-state index contributed by atoms with van der Waals surface area (Å²) in [4.78, 5) is 27.3. The largest absolute Gasteiger partial charge is 0.495 e. The van der Waals surface area contributed by atoms with Gasteiger partial charge >= 0.3 is 12.0 Å². The zero-order valence-corrected chi connectivity index (χ0v) is 18.0. The zero-order valence-electron chi connectivity index (χ0n) is 18.0. The first-order valence-corrected chi connectivity index (χ1v) is 10.3. The van der Waals surface area contributed by atoms with Crippen molar-refractivity contribution < 1.29 is 28.3 Å². The third-order valence-electron chi connectivity index (χ3n) is 5.19. The molecule has 0 saturated carbocycles. The number of urea groups is 1. The van der Waals surface area contributed by atoms with Gasteiger partial charge < -0.3 is 29.3 Å². The number of hydrogen-bond donors (Lipinski definition) is 3. The number of amides is 2. The summed E-state index contributed by atoms with van der Waals surface area (Å²) in [6.45, 7) is -0.507. The number of hydrogen-bond acceptors (Lipinski definition) is 6. The van der Waals surface area contributed by atoms with Crippen molar-refractivity contribution >= 4 is 39.8 Å². The van der Waals surface area contributed by atoms with Gasteiger partial charge in [-0.3, -0.25) is 4.79 Å². The van der Waals surface area contributed by atoms with Gasteiger partial charge in [-0.25, -0.2) is 9.78 Å². The first kappa shape index (κ1) is 21.1. The Morgan fingerprint density at radius 2 is 1.79 bits per heavy atom. The normalized spacial score (nSPS) is 11.0. The highest BCUT2D eigenvalue weighted by atomic mass is 16.5. The standard InChI is InChI=1S/C25H19N3O6/c1-32-20-8-7-16(11-17(20)28-25(31)26-13-23(29)30)24-27-18-10-15(6-9-21(18)34-24)22-12-14-4-2-3-5-19(14)33-22/h2-12H,13H2,1H3,(H,29,30)(H2,26,28,31). The number of benzene rings is 3. The monoisotopic (exact) mass is 457 g/mol. The molecule has 0 unspecified atom stereocenters. The second-order valence-corrected chi connectivity index (χ2v) is 7.47. The summed E-state index contributed by atoms with van der Waals surface area (Å²) in [5, 5.41) is 14.6. The van der Waals surface area contributed by atoms with Crippen molar-refractivity contribution in [1.82, 2.24) is 10.3 Å². The molecule has 0 aliphatic heterocycles. The number of nitrogens with zero attached hydrogens (tertiary/aromatic N) is 1. The van der Waals surface area contributed by atoms with E-state index in [0.717, 1.165) is 22.3 Å². The number of aliphatic carboxylic acids is 1. The summed E-state index contributed by atoms with van der Waals surface area (Å²) >= 11 is 0. The Labute approximate surface area is 193 Å². The molecule has 0 bridgehead atoms. The van der Waals surface area contributed by atoms with E-state index >= 15 is 0 Å². The Bertz CT molecular complexity index is 1500. The lowest BCUT2D eigenvalue weighted by molar-refractivity contribution is -0.135. The first-order valence-electron chi connectivity index (χ1n) is 10.3. The van der Waals surface area contributed by atoms with Gasteiger partial charge in [-0.2, -0.15) is 0 Å². The molecule has 170 valence electrons. The molecule has 9 heteroatoms. The number of carboxylic acids is 1. The number of anilines is 1. The molecule has 0 aliphatic rings. The molecule has 0 atom stereocenters. The van der Waals surface area contributed by atoms with Crippen molar-refractivity contribution in [1.29, 1.82) is 0 Å². The number of carboxylic acid groups (broad SMARTS) is 1. The van der Waals surface area contributed by atoms with Crippen LogP contribution >= 0.6 is 0 Å². The smallest absolute Gasteiger partial charge is 0.323 e. The topological polar surface area (TPSA) is 127 Å². The molecule has 0 spiro atoms. The maximum absolute atomic E-state index is 12.0. The maximum atomic E-state index is 12.0. The molecule has 0 fully saturated rings. The van der Waals surface area contributed by atoms with Gasteiger partial charge in [0.1, 0.15) is 29.2 Å². The molecule has 5 aromatic rings. The second kappa shape index (κ2) is 8.62. The lowest BCUT2D eigenvalue weighted by atomic mass is 10.1. The third-order valence-corrected chi connectivity index (χ3v) is 5.19. The quantitative estimate of drug-likeness (QED) is 0.323. The fourth-order valence-electron chi connectivity index (χ4n) is 3.59. The number of carbonyl (C=O) groups is 2. The molecule has 0 radical (unpaired) electrons. The molecular formula is C25H19N3O6. The van der Waals surface area contributed by atoms with Gasteiger partial charge in [0.15, 0.2) is 5.58 Å². The summed E-state index contributed by atoms with van der Waals surface area (Å²) < 4.78 is 17.2. The predicted octanol–water partition coefficient (Wildman–Crippen LogP) is 5.12. The van der Waals surface area contributed by atoms with E-state index in [1.807, 2.05) is 48.5 Å². The van der Waals surface area contributed by atoms with Crippen molar-refractivity contribution in [3.8, 4) is 28.5 Å². The lowest BCUT2D eigenvalue weighted by Gasteiger charge is -2.11. The van der Waals surface area contributed by atoms with Crippen LogP contribution in [0.4, 0.5) is 10.5 Å². The van der Waals surface area contributed by atoms with E-state index in [9.17, 15) is 9.59 Å². The zero-order chi connectivity index (χ0) is 23.7. The molecule has 5 rings (SSSR count). The first-order chi connectivity index (χ1) is 16.5. The molecule has 0 saturated heterocycles. The number of methoxy groups -OCH3 is 1. The second-order valence-electron chi connectivity index (χ2n) is 7.47. The van der Waals surface area contributed by atoms with E-state index in [1.165, 1.54) is 7.11 Å². The summed E-state index contributed by atoms with van der Waals surface area (Å²) in [6.07, 6.45) is 0. The molecule has 9 nitrogen and oxygen atoms in total. The fraction of sp³-hybridized carbons (Fsp3) is 0.0800. The van der Waals surface area contributed by atoms with Gasteiger partial charge in [0.2, 0.25) is 5.89 Å². The summed E-state index contributed by atoms with van der Waals surface area (Å²) in [6, 6.07) is 19.8. The van der Waals surface area contributed by atoms with Crippen LogP contribution in [0.25, 0.3) is 44.8 Å². The Balaban J connectivity index is 1.45. The number of oxazole rings is 1. The molecule has 2 aromatic heterocycles. The highest BCUT2D eigenvalue weighted by Gasteiger charge is 2.15. The van der Waals surface area contributed by atoms with Gasteiger partial charge in [0.05, 0.1) is 12.8 Å². The Morgan fingerprint density at radius 3 is 2.59 bits per heavy atom. The average Bonchev–Trinajstić information content (AvgIpc) is 3.46. The molecule has 2 heterocycles. The van der Waals surface area contributed by atoms with Crippen LogP contribution in [0.15, 0.2) is 75.6 Å². The molecule has 3 aromatic carbocycles. The third kappa shape index (κ3) is 4.14. The Hall–Kier alpha value is -4.79. The lowest BCUT2D eigenvalue weighted by Crippen LogP contribution is -2.33. The Morgan fingerprint density at radius 1 is 0.971 bits per heavy atom. The van der Waals surface area contributed by atoms with Crippen molar-refractivity contribution in [3.05, 3.63) is 66.7 Å². The SMILES string of the molecule is COc1ccc(-c2nc3cc(-c4cc5ccccc5o4)ccc3o2)cc1NC(=O)NCC(=O)O. The van der Waals surface area contributed by atoms with Crippen molar-refractivity contribution in [3.63, 3.8) is 0 Å². The number of nitrogens with one attached hydrogen (secondary N) is 2. The fourth-order valence-corrected chi connectivity index (χ4v) is 3.59. The predicted molar refractivity (Wildman–Crippen MR) is 126 cm³/mol. The molecule has 34 heavy (non-hydrogen) atoms. The van der Waals surface area contributed by atoms with E-state index in [0.29, 0.717) is 34.0 Å². The molecule has 2 amide bonds. The van der Waals surface area contributed by atoms with E-state index in [1.54, 1.807) is 18.2 Å². The summed E-state index contributed by atoms with van der Waals surface area (Å²) in [5.74, 6) is 0.339. The Kier molecular flexibility index (Phi) is 5.35. The van der Waals surface area contributed by atoms with E-state index in [-0.39, 0.29) is 0 Å². The number of para-hydroxylation sites is 1. The van der Waals surface area contributed by atoms with Crippen LogP contribution in [0.5, 0.6) is 5.75 Å². The van der Waals surface area contributed by atoms with Crippen LogP contribution in [0.3, 0.4) is 0 Å². The van der Waals surface area contributed by atoms with Crippen LogP contribution in [-0.2, 0) is 4.79 Å². The number of aromatic nitrogens is 1. The maximum Gasteiger partial charge on any atom is 0.323 e. The number of rotatable bonds is 6. The number of furan rings is 1. The molecular weight excluding hydrogens is 438 g/mol. The van der Waals surface area contributed by atoms with E-state index < -0.39 is 18.5 Å². The van der Waals surface area contributed by atoms with Crippen LogP contribution in [-0.4, -0.2) is 35.7 Å². The highest BCUT2D eigenvalue weighted by molar-refractivity contribution is 5.93. The van der Waals surface area contributed by atoms with Gasteiger partial charge in [0, 0.05) is 16.5 Å². The number of carbonyl (C=O) groups excluding carboxylic acids is 1. The van der Waals surface area contributed by atoms with Crippen molar-refractivity contribution in [2.24, 2.45) is 0 Å². The minimum Gasteiger partial charge on any atom is -0.495 e. The van der Waals surface area contributed by atoms with Crippen molar-refractivity contribution in [2.75, 3.05) is 19.0 Å². The highest BCUT2D eigenvalue weighted by Crippen LogP contribution is 2.34. The number of ether oxygens (including phenoxy) is 1. The summed E-state index contributed by atoms with van der Waals surface area (Å²) in [7, 11) is 1.47. The van der Waals surface area contributed by atoms with Gasteiger partial charge in [-0.15, -0.1) is 0 Å². The van der Waals surface area contributed by atoms with Gasteiger partial charge in [-0.1, -0.05) is 18.2 Å². The van der Waals surface area contributed by atoms with Crippen LogP contribution in [0.2, 0.25) is 0 Å². The van der Waals surface area contributed by atoms with Crippen molar-refractivity contribution in [2.45, 2.75) is 0 Å². The van der Waals surface area contributed by atoms with Gasteiger partial charge in [0.25, 0.3) is 0 Å². The van der Waals surface area contributed by atoms with Crippen LogP contribution < -0.4 is 15.4 Å². The molecule has 0 aliphatic carbocycles.